The third kappa shape index (κ3) is 11.6. The van der Waals surface area contributed by atoms with Crippen molar-refractivity contribution in [3.63, 3.8) is 0 Å². The fraction of sp³-hybridized carbons (Fsp3) is 0.328. The van der Waals surface area contributed by atoms with Crippen LogP contribution in [-0.4, -0.2) is 110 Å². The molecule has 2 aliphatic heterocycles. The number of carbonyl (C=O) groups is 5. The third-order valence-corrected chi connectivity index (χ3v) is 17.1. The zero-order valence-electron chi connectivity index (χ0n) is 46.8. The molecular formula is C61H62FN9O9S2. The summed E-state index contributed by atoms with van der Waals surface area (Å²) in [5, 5.41) is 29.5. The molecular weight excluding hydrogens is 1090 g/mol. The van der Waals surface area contributed by atoms with Gasteiger partial charge in [0.15, 0.2) is 11.6 Å². The van der Waals surface area contributed by atoms with Crippen LogP contribution in [-0.2, 0) is 19.1 Å². The highest BCUT2D eigenvalue weighted by Gasteiger charge is 2.45. The number of fused-ring (bicyclic) bond motifs is 4. The van der Waals surface area contributed by atoms with E-state index in [0.29, 0.717) is 45.2 Å². The van der Waals surface area contributed by atoms with Crippen LogP contribution in [0.2, 0.25) is 0 Å². The maximum absolute atomic E-state index is 15.7. The molecule has 0 aliphatic carbocycles. The van der Waals surface area contributed by atoms with E-state index < -0.39 is 71.1 Å². The molecule has 21 heteroatoms. The number of nitrogens with zero attached hydrogens (tertiary/aromatic N) is 6. The predicted octanol–water partition coefficient (Wildman–Crippen LogP) is 9.49. The number of carbonyl (C=O) groups excluding carboxylic acids is 5. The van der Waals surface area contributed by atoms with Crippen LogP contribution in [0.5, 0.6) is 5.75 Å². The number of β-amino-alcohol motifs (C(OH)–C–C–N with tert-alkyl or cyclic N) is 1. The van der Waals surface area contributed by atoms with Crippen molar-refractivity contribution in [2.24, 2.45) is 10.4 Å². The van der Waals surface area contributed by atoms with Gasteiger partial charge in [-0.15, -0.1) is 32.9 Å². The molecule has 8 aromatic rings. The van der Waals surface area contributed by atoms with Crippen molar-refractivity contribution in [3.8, 4) is 32.3 Å². The van der Waals surface area contributed by atoms with E-state index in [4.69, 9.17) is 18.9 Å². The highest BCUT2D eigenvalue weighted by atomic mass is 32.1. The number of ether oxygens (including phenoxy) is 2. The Kier molecular flexibility index (Phi) is 16.1. The maximum atomic E-state index is 15.7. The Morgan fingerprint density at radius 3 is 2.29 bits per heavy atom. The van der Waals surface area contributed by atoms with E-state index >= 15 is 4.39 Å². The van der Waals surface area contributed by atoms with Crippen LogP contribution < -0.4 is 20.7 Å². The molecule has 0 unspecified atom stereocenters. The van der Waals surface area contributed by atoms with Gasteiger partial charge in [-0.1, -0.05) is 75.4 Å². The number of thiophene rings is 1. The first-order valence-electron chi connectivity index (χ1n) is 26.8. The lowest BCUT2D eigenvalue weighted by Crippen LogP contribution is -2.57. The number of nitrogens with one attached hydrogen (secondary N) is 3. The minimum atomic E-state index is -1.10. The summed E-state index contributed by atoms with van der Waals surface area (Å²) in [6.45, 7) is 15.2. The molecule has 4 amide bonds. The number of thiazole rings is 1. The van der Waals surface area contributed by atoms with E-state index in [1.54, 1.807) is 73.2 Å². The van der Waals surface area contributed by atoms with Gasteiger partial charge in [-0.05, 0) is 104 Å². The van der Waals surface area contributed by atoms with Crippen LogP contribution in [0.4, 0.5) is 4.39 Å². The Labute approximate surface area is 480 Å². The average Bonchev–Trinajstić information content (AvgIpc) is 3.18. The van der Waals surface area contributed by atoms with Gasteiger partial charge in [-0.3, -0.25) is 33.5 Å². The molecule has 4 N–H and O–H groups in total. The highest BCUT2D eigenvalue weighted by molar-refractivity contribution is 7.15. The normalized spacial score (nSPS) is 16.6. The topological polar surface area (TPSA) is 232 Å². The van der Waals surface area contributed by atoms with Gasteiger partial charge in [0.1, 0.15) is 52.7 Å². The summed E-state index contributed by atoms with van der Waals surface area (Å²) in [5.41, 5.74) is 8.78. The number of likely N-dealkylation sites (tertiary alicyclic amines) is 1. The van der Waals surface area contributed by atoms with Crippen LogP contribution in [0.3, 0.4) is 0 Å². The minimum Gasteiger partial charge on any atom is -0.492 e. The first kappa shape index (κ1) is 56.9. The van der Waals surface area contributed by atoms with Gasteiger partial charge < -0.3 is 39.8 Å². The van der Waals surface area contributed by atoms with E-state index in [2.05, 4.69) is 31.1 Å². The molecule has 424 valence electrons. The molecule has 5 atom stereocenters. The molecule has 82 heavy (non-hydrogen) atoms. The molecule has 18 nitrogen and oxygen atoms in total. The number of aromatic nitrogens is 4. The molecule has 4 aromatic heterocycles. The van der Waals surface area contributed by atoms with Crippen molar-refractivity contribution in [2.45, 2.75) is 98.5 Å². The Morgan fingerprint density at radius 2 is 1.60 bits per heavy atom. The fourth-order valence-corrected chi connectivity index (χ4v) is 12.4. The number of esters is 1. The molecule has 0 radical (unpaired) electrons. The lowest BCUT2D eigenvalue weighted by Gasteiger charge is -2.35. The summed E-state index contributed by atoms with van der Waals surface area (Å²) in [6.07, 6.45) is -0.928. The van der Waals surface area contributed by atoms with Crippen LogP contribution in [0.25, 0.3) is 37.5 Å². The molecule has 0 bridgehead atoms. The molecule has 4 aromatic carbocycles. The van der Waals surface area contributed by atoms with Crippen molar-refractivity contribution in [1.29, 1.82) is 0 Å². The standard InChI is InChI=1S/C61H62FN9O9S2/c1-31-34(4)82-60-51(31)52(66-46(28-50(73)78-9)55-69-68-35(5)71(55)60)38-14-12-37(13-15-38)40-18-20-44(45(62)25-40)56(74)63-22-23-79-43-19-21-48-41(24-43)26-49(80-48)58(76)67-54(61(6,7)8)59(77)70-29-42(72)27-47(70)57(75)65-32(2)36-10-16-39(17-11-36)53-33(3)64-30-81-53/h10-21,24-26,30,32,42,46-47,54,72H,22-23,27-29H2,1-9H3,(H,63,74)(H,65,75)(H,67,76)/t32-,42+,46-,47-,54+/m0/s1. The third-order valence-electron chi connectivity index (χ3n) is 14.9. The zero-order chi connectivity index (χ0) is 58.3. The number of aryl methyl sites for hydroxylation is 3. The number of rotatable bonds is 16. The molecule has 1 fully saturated rings. The number of furan rings is 1. The van der Waals surface area contributed by atoms with Crippen molar-refractivity contribution < 1.29 is 47.4 Å². The van der Waals surface area contributed by atoms with E-state index in [1.807, 2.05) is 87.7 Å². The van der Waals surface area contributed by atoms with Gasteiger partial charge in [0.25, 0.3) is 11.8 Å². The number of aliphatic hydroxyl groups excluding tert-OH is 1. The number of hydrogen-bond acceptors (Lipinski definition) is 15. The quantitative estimate of drug-likeness (QED) is 0.0523. The van der Waals surface area contributed by atoms with Crippen LogP contribution in [0.1, 0.15) is 118 Å². The van der Waals surface area contributed by atoms with Gasteiger partial charge in [0, 0.05) is 34.4 Å². The number of benzene rings is 4. The van der Waals surface area contributed by atoms with E-state index in [9.17, 15) is 29.1 Å². The fourth-order valence-electron chi connectivity index (χ4n) is 10.3. The van der Waals surface area contributed by atoms with Crippen LogP contribution in [0.15, 0.2) is 106 Å². The number of methoxy groups -OCH3 is 1. The molecule has 1 saturated heterocycles. The van der Waals surface area contributed by atoms with Crippen LogP contribution in [0, 0.1) is 38.9 Å². The van der Waals surface area contributed by atoms with Crippen LogP contribution >= 0.6 is 22.7 Å². The first-order chi connectivity index (χ1) is 39.2. The lowest BCUT2D eigenvalue weighted by atomic mass is 9.85. The summed E-state index contributed by atoms with van der Waals surface area (Å²) < 4.78 is 34.5. The first-order valence-corrected chi connectivity index (χ1v) is 28.5. The van der Waals surface area contributed by atoms with Gasteiger partial charge >= 0.3 is 5.97 Å². The predicted molar refractivity (Wildman–Crippen MR) is 310 cm³/mol. The summed E-state index contributed by atoms with van der Waals surface area (Å²) >= 11 is 3.16. The number of amides is 4. The molecule has 2 aliphatic rings. The second kappa shape index (κ2) is 23.2. The molecule has 10 rings (SSSR count). The van der Waals surface area contributed by atoms with Crippen molar-refractivity contribution in [2.75, 3.05) is 26.8 Å². The van der Waals surface area contributed by atoms with E-state index in [-0.39, 0.29) is 43.9 Å². The molecule has 0 spiro atoms. The highest BCUT2D eigenvalue weighted by Crippen LogP contribution is 2.40. The summed E-state index contributed by atoms with van der Waals surface area (Å²) in [4.78, 5) is 80.8. The maximum Gasteiger partial charge on any atom is 0.308 e. The summed E-state index contributed by atoms with van der Waals surface area (Å²) in [7, 11) is 1.34. The van der Waals surface area contributed by atoms with Crippen molar-refractivity contribution in [1.82, 2.24) is 40.6 Å². The second-order valence-electron chi connectivity index (χ2n) is 21.7. The van der Waals surface area contributed by atoms with Gasteiger partial charge in [-0.25, -0.2) is 9.37 Å². The second-order valence-corrected chi connectivity index (χ2v) is 23.7. The monoisotopic (exact) mass is 1150 g/mol. The molecule has 0 saturated carbocycles. The number of aliphatic hydroxyl groups is 1. The number of halogens is 1. The summed E-state index contributed by atoms with van der Waals surface area (Å²) in [5.74, 6) is -1.76. The van der Waals surface area contributed by atoms with Gasteiger partial charge in [-0.2, -0.15) is 0 Å². The average molecular weight is 1150 g/mol. The Hall–Kier alpha value is -8.40. The molecule has 6 heterocycles. The number of hydrogen-bond donors (Lipinski definition) is 4. The Bertz CT molecular complexity index is 3800. The summed E-state index contributed by atoms with van der Waals surface area (Å²) in [6, 6.07) is 23.2. The Morgan fingerprint density at radius 1 is 0.878 bits per heavy atom. The lowest BCUT2D eigenvalue weighted by molar-refractivity contribution is -0.142. The largest absolute Gasteiger partial charge is 0.492 e. The van der Waals surface area contributed by atoms with E-state index in [0.717, 1.165) is 48.3 Å². The van der Waals surface area contributed by atoms with E-state index in [1.165, 1.54) is 30.2 Å². The van der Waals surface area contributed by atoms with Crippen molar-refractivity contribution in [3.05, 3.63) is 158 Å². The minimum absolute atomic E-state index is 0.0258. The van der Waals surface area contributed by atoms with Gasteiger partial charge in [0.05, 0.1) is 59.6 Å². The Balaban J connectivity index is 0.739. The number of aliphatic imine (C=N–C) groups is 1. The smallest absolute Gasteiger partial charge is 0.308 e. The SMILES string of the molecule is COC(=O)C[C@@H]1N=C(c2ccc(-c3ccc(C(=O)NCCOc4ccc5oc(C(=O)N[C@H](C(=O)N6C[C@H](O)C[C@H]6C(=O)N[C@@H](C)c6ccc(-c7scnc7C)cc6)C(C)(C)C)cc5c4)c(F)c3)cc2)c2c(sc(C)c2C)-n2c(C)nnc21. The van der Waals surface area contributed by atoms with Gasteiger partial charge in [0.2, 0.25) is 11.8 Å². The van der Waals surface area contributed by atoms with Crippen molar-refractivity contribution >= 4 is 69.0 Å². The zero-order valence-corrected chi connectivity index (χ0v) is 48.4.